The Balaban J connectivity index is 2.67. The molecule has 0 radical (unpaired) electrons. The van der Waals surface area contributed by atoms with Crippen molar-refractivity contribution in [3.05, 3.63) is 28.8 Å². The first-order valence-corrected chi connectivity index (χ1v) is 6.90. The number of benzene rings is 1. The molecule has 3 nitrogen and oxygen atoms in total. The van der Waals surface area contributed by atoms with Gasteiger partial charge in [-0.3, -0.25) is 0 Å². The van der Waals surface area contributed by atoms with E-state index in [-0.39, 0.29) is 0 Å². The number of halogens is 1. The molecule has 0 aliphatic carbocycles. The van der Waals surface area contributed by atoms with E-state index in [1.807, 2.05) is 12.3 Å². The van der Waals surface area contributed by atoms with Crippen LogP contribution in [0.5, 0.6) is 0 Å². The molecule has 0 saturated carbocycles. The molecular weight excluding hydrogens is 256 g/mol. The number of nitrogens with one attached hydrogen (secondary N) is 1. The maximum absolute atomic E-state index is 9.99. The van der Waals surface area contributed by atoms with Crippen LogP contribution in [0.2, 0.25) is 5.02 Å². The van der Waals surface area contributed by atoms with E-state index in [2.05, 4.69) is 5.32 Å². The molecule has 1 atom stereocenters. The van der Waals surface area contributed by atoms with Crippen molar-refractivity contribution < 1.29 is 5.11 Å². The SMILES string of the molecule is CSCC(C)(O)CNc1ccc(C#N)cc1Cl. The molecule has 17 heavy (non-hydrogen) atoms. The van der Waals surface area contributed by atoms with Crippen LogP contribution in [0.4, 0.5) is 5.69 Å². The highest BCUT2D eigenvalue weighted by Crippen LogP contribution is 2.23. The minimum Gasteiger partial charge on any atom is -0.387 e. The third kappa shape index (κ3) is 4.47. The molecule has 1 rings (SSSR count). The lowest BCUT2D eigenvalue weighted by molar-refractivity contribution is 0.0997. The average molecular weight is 271 g/mol. The number of aliphatic hydroxyl groups is 1. The van der Waals surface area contributed by atoms with Crippen molar-refractivity contribution in [2.75, 3.05) is 23.9 Å². The number of rotatable bonds is 5. The molecule has 0 aromatic heterocycles. The molecular formula is C12H15ClN2OS. The van der Waals surface area contributed by atoms with Crippen LogP contribution in [-0.2, 0) is 0 Å². The van der Waals surface area contributed by atoms with Crippen LogP contribution in [0.3, 0.4) is 0 Å². The summed E-state index contributed by atoms with van der Waals surface area (Å²) in [7, 11) is 0. The average Bonchev–Trinajstić information content (AvgIpc) is 2.27. The van der Waals surface area contributed by atoms with E-state index in [0.717, 1.165) is 5.69 Å². The van der Waals surface area contributed by atoms with E-state index in [0.29, 0.717) is 22.9 Å². The van der Waals surface area contributed by atoms with Crippen LogP contribution >= 0.6 is 23.4 Å². The third-order valence-electron chi connectivity index (χ3n) is 2.21. The molecule has 0 amide bonds. The zero-order valence-corrected chi connectivity index (χ0v) is 11.4. The minimum absolute atomic E-state index is 0.416. The van der Waals surface area contributed by atoms with E-state index in [1.54, 1.807) is 36.9 Å². The molecule has 0 bridgehead atoms. The van der Waals surface area contributed by atoms with Gasteiger partial charge >= 0.3 is 0 Å². The molecule has 2 N–H and O–H groups in total. The van der Waals surface area contributed by atoms with Crippen molar-refractivity contribution in [2.24, 2.45) is 0 Å². The fourth-order valence-electron chi connectivity index (χ4n) is 1.38. The second-order valence-electron chi connectivity index (χ2n) is 4.09. The van der Waals surface area contributed by atoms with E-state index in [4.69, 9.17) is 16.9 Å². The van der Waals surface area contributed by atoms with Gasteiger partial charge in [0.25, 0.3) is 0 Å². The highest BCUT2D eigenvalue weighted by atomic mass is 35.5. The first-order valence-electron chi connectivity index (χ1n) is 5.13. The van der Waals surface area contributed by atoms with Crippen LogP contribution in [0.15, 0.2) is 18.2 Å². The van der Waals surface area contributed by atoms with Crippen molar-refractivity contribution in [3.63, 3.8) is 0 Å². The number of anilines is 1. The molecule has 0 saturated heterocycles. The van der Waals surface area contributed by atoms with Gasteiger partial charge in [-0.05, 0) is 31.4 Å². The van der Waals surface area contributed by atoms with Gasteiger partial charge < -0.3 is 10.4 Å². The van der Waals surface area contributed by atoms with Crippen LogP contribution in [0, 0.1) is 11.3 Å². The topological polar surface area (TPSA) is 56.0 Å². The Bertz CT molecular complexity index is 429. The molecule has 0 fully saturated rings. The summed E-state index contributed by atoms with van der Waals surface area (Å²) in [6, 6.07) is 7.07. The predicted octanol–water partition coefficient (Wildman–Crippen LogP) is 2.74. The lowest BCUT2D eigenvalue weighted by atomic mass is 10.1. The number of hydrogen-bond donors (Lipinski definition) is 2. The molecule has 0 heterocycles. The highest BCUT2D eigenvalue weighted by molar-refractivity contribution is 7.98. The Kier molecular flexibility index (Phi) is 5.13. The molecule has 0 spiro atoms. The summed E-state index contributed by atoms with van der Waals surface area (Å²) >= 11 is 7.60. The zero-order chi connectivity index (χ0) is 12.9. The summed E-state index contributed by atoms with van der Waals surface area (Å²) in [5.74, 6) is 0.647. The summed E-state index contributed by atoms with van der Waals surface area (Å²) in [6.45, 7) is 2.19. The summed E-state index contributed by atoms with van der Waals surface area (Å²) in [4.78, 5) is 0. The maximum Gasteiger partial charge on any atom is 0.0992 e. The number of thioether (sulfide) groups is 1. The van der Waals surface area contributed by atoms with Crippen LogP contribution < -0.4 is 5.32 Å². The van der Waals surface area contributed by atoms with Gasteiger partial charge in [0.2, 0.25) is 0 Å². The molecule has 92 valence electrons. The molecule has 5 heteroatoms. The van der Waals surface area contributed by atoms with E-state index >= 15 is 0 Å². The molecule has 1 unspecified atom stereocenters. The fraction of sp³-hybridized carbons (Fsp3) is 0.417. The smallest absolute Gasteiger partial charge is 0.0992 e. The number of nitriles is 1. The molecule has 0 aliphatic heterocycles. The quantitative estimate of drug-likeness (QED) is 0.864. The Morgan fingerprint density at radius 3 is 2.82 bits per heavy atom. The Labute approximate surface area is 111 Å². The van der Waals surface area contributed by atoms with Gasteiger partial charge in [-0.1, -0.05) is 11.6 Å². The second kappa shape index (κ2) is 6.15. The van der Waals surface area contributed by atoms with Gasteiger partial charge in [-0.15, -0.1) is 0 Å². The molecule has 0 aliphatic rings. The van der Waals surface area contributed by atoms with Crippen LogP contribution in [0.25, 0.3) is 0 Å². The Morgan fingerprint density at radius 2 is 2.29 bits per heavy atom. The first kappa shape index (κ1) is 14.2. The van der Waals surface area contributed by atoms with Crippen molar-refractivity contribution in [1.82, 2.24) is 0 Å². The summed E-state index contributed by atoms with van der Waals surface area (Å²) in [5, 5.41) is 22.3. The largest absolute Gasteiger partial charge is 0.387 e. The maximum atomic E-state index is 9.99. The van der Waals surface area contributed by atoms with Crippen molar-refractivity contribution in [2.45, 2.75) is 12.5 Å². The van der Waals surface area contributed by atoms with E-state index < -0.39 is 5.60 Å². The predicted molar refractivity (Wildman–Crippen MR) is 73.7 cm³/mol. The number of nitrogens with zero attached hydrogens (tertiary/aromatic N) is 1. The van der Waals surface area contributed by atoms with Gasteiger partial charge in [0.15, 0.2) is 0 Å². The number of hydrogen-bond acceptors (Lipinski definition) is 4. The van der Waals surface area contributed by atoms with E-state index in [9.17, 15) is 5.11 Å². The zero-order valence-electron chi connectivity index (χ0n) is 9.83. The first-order chi connectivity index (χ1) is 7.98. The van der Waals surface area contributed by atoms with Crippen molar-refractivity contribution in [3.8, 4) is 6.07 Å². The van der Waals surface area contributed by atoms with Gasteiger partial charge in [0.1, 0.15) is 0 Å². The third-order valence-corrected chi connectivity index (χ3v) is 3.44. The lowest BCUT2D eigenvalue weighted by Gasteiger charge is -2.23. The Hall–Kier alpha value is -0.890. The monoisotopic (exact) mass is 270 g/mol. The lowest BCUT2D eigenvalue weighted by Crippen LogP contribution is -2.36. The fourth-order valence-corrected chi connectivity index (χ4v) is 2.35. The summed E-state index contributed by atoms with van der Waals surface area (Å²) in [5.41, 5.74) is 0.472. The van der Waals surface area contributed by atoms with Crippen LogP contribution in [0.1, 0.15) is 12.5 Å². The highest BCUT2D eigenvalue weighted by Gasteiger charge is 2.19. The van der Waals surface area contributed by atoms with Gasteiger partial charge in [-0.25, -0.2) is 0 Å². The second-order valence-corrected chi connectivity index (χ2v) is 5.36. The van der Waals surface area contributed by atoms with Gasteiger partial charge in [0.05, 0.1) is 27.9 Å². The van der Waals surface area contributed by atoms with Crippen LogP contribution in [-0.4, -0.2) is 29.3 Å². The minimum atomic E-state index is -0.781. The summed E-state index contributed by atoms with van der Waals surface area (Å²) < 4.78 is 0. The van der Waals surface area contributed by atoms with Gasteiger partial charge in [0, 0.05) is 12.3 Å². The standard InChI is InChI=1S/C12H15ClN2OS/c1-12(16,8-17-2)7-15-11-4-3-9(6-14)5-10(11)13/h3-5,15-16H,7-8H2,1-2H3. The normalized spacial score (nSPS) is 13.8. The molecule has 1 aromatic rings. The van der Waals surface area contributed by atoms with E-state index in [1.165, 1.54) is 0 Å². The summed E-state index contributed by atoms with van der Waals surface area (Å²) in [6.07, 6.45) is 1.95. The van der Waals surface area contributed by atoms with Gasteiger partial charge in [-0.2, -0.15) is 17.0 Å². The molecule has 1 aromatic carbocycles. The van der Waals surface area contributed by atoms with Crippen molar-refractivity contribution in [1.29, 1.82) is 5.26 Å². The van der Waals surface area contributed by atoms with Crippen molar-refractivity contribution >= 4 is 29.1 Å². The Morgan fingerprint density at radius 1 is 1.59 bits per heavy atom.